The minimum absolute atomic E-state index is 0.437. The van der Waals surface area contributed by atoms with Gasteiger partial charge in [-0.05, 0) is 24.1 Å². The van der Waals surface area contributed by atoms with E-state index in [9.17, 15) is 5.11 Å². The monoisotopic (exact) mass is 279 g/mol. The summed E-state index contributed by atoms with van der Waals surface area (Å²) >= 11 is 6.27. The first-order valence-corrected chi connectivity index (χ1v) is 6.64. The van der Waals surface area contributed by atoms with Crippen LogP contribution in [0.2, 0.25) is 5.02 Å². The Morgan fingerprint density at radius 3 is 2.53 bits per heavy atom. The third-order valence-electron chi connectivity index (χ3n) is 3.21. The number of nitrogens with two attached hydrogens (primary N) is 1. The second kappa shape index (κ2) is 5.63. The van der Waals surface area contributed by atoms with Crippen molar-refractivity contribution in [3.63, 3.8) is 0 Å². The summed E-state index contributed by atoms with van der Waals surface area (Å²) < 4.78 is 1.74. The van der Waals surface area contributed by atoms with Gasteiger partial charge in [-0.15, -0.1) is 0 Å². The van der Waals surface area contributed by atoms with E-state index in [1.807, 2.05) is 26.1 Å². The Kier molecular flexibility index (Phi) is 4.12. The van der Waals surface area contributed by atoms with Gasteiger partial charge in [0.15, 0.2) is 0 Å². The highest BCUT2D eigenvalue weighted by Crippen LogP contribution is 2.26. The van der Waals surface area contributed by atoms with Crippen LogP contribution in [0.4, 0.5) is 5.69 Å². The molecule has 0 bridgehead atoms. The van der Waals surface area contributed by atoms with E-state index in [-0.39, 0.29) is 0 Å². The van der Waals surface area contributed by atoms with E-state index in [0.717, 1.165) is 23.4 Å². The molecule has 0 spiro atoms. The number of benzene rings is 1. The third-order valence-corrected chi connectivity index (χ3v) is 3.65. The van der Waals surface area contributed by atoms with Crippen LogP contribution in [0.1, 0.15) is 30.0 Å². The smallest absolute Gasteiger partial charge is 0.0850 e. The van der Waals surface area contributed by atoms with Crippen molar-refractivity contribution in [3.8, 4) is 0 Å². The van der Waals surface area contributed by atoms with Gasteiger partial charge >= 0.3 is 0 Å². The average molecular weight is 280 g/mol. The molecular weight excluding hydrogens is 262 g/mol. The van der Waals surface area contributed by atoms with Crippen LogP contribution in [0.3, 0.4) is 0 Å². The molecule has 1 atom stereocenters. The molecule has 4 nitrogen and oxygen atoms in total. The maximum Gasteiger partial charge on any atom is 0.0850 e. The SMILES string of the molecule is CCc1nn(C)c(CC(O)c2ccc(N)cc2)c1Cl. The molecule has 0 saturated heterocycles. The van der Waals surface area contributed by atoms with E-state index in [2.05, 4.69) is 5.10 Å². The summed E-state index contributed by atoms with van der Waals surface area (Å²) in [5.41, 5.74) is 8.85. The fourth-order valence-corrected chi connectivity index (χ4v) is 2.43. The summed E-state index contributed by atoms with van der Waals surface area (Å²) in [5, 5.41) is 15.3. The number of aliphatic hydroxyl groups excluding tert-OH is 1. The first-order valence-electron chi connectivity index (χ1n) is 6.26. The maximum atomic E-state index is 10.3. The Labute approximate surface area is 117 Å². The van der Waals surface area contributed by atoms with E-state index < -0.39 is 6.10 Å². The lowest BCUT2D eigenvalue weighted by Crippen LogP contribution is -2.07. The van der Waals surface area contributed by atoms with Gasteiger partial charge in [0.05, 0.1) is 22.5 Å². The van der Waals surface area contributed by atoms with Crippen LogP contribution in [-0.2, 0) is 19.9 Å². The van der Waals surface area contributed by atoms with Gasteiger partial charge in [-0.25, -0.2) is 0 Å². The number of hydrogen-bond acceptors (Lipinski definition) is 3. The number of aromatic nitrogens is 2. The van der Waals surface area contributed by atoms with Crippen molar-refractivity contribution in [2.75, 3.05) is 5.73 Å². The molecule has 1 aromatic heterocycles. The predicted octanol–water partition coefficient (Wildman–Crippen LogP) is 2.49. The maximum absolute atomic E-state index is 10.3. The summed E-state index contributed by atoms with van der Waals surface area (Å²) in [4.78, 5) is 0. The summed E-state index contributed by atoms with van der Waals surface area (Å²) in [6.07, 6.45) is 0.606. The van der Waals surface area contributed by atoms with E-state index >= 15 is 0 Å². The normalized spacial score (nSPS) is 12.6. The molecule has 1 unspecified atom stereocenters. The van der Waals surface area contributed by atoms with Crippen molar-refractivity contribution in [3.05, 3.63) is 46.2 Å². The molecule has 0 radical (unpaired) electrons. The second-order valence-electron chi connectivity index (χ2n) is 4.57. The zero-order valence-electron chi connectivity index (χ0n) is 11.1. The molecule has 3 N–H and O–H groups in total. The van der Waals surface area contributed by atoms with Crippen molar-refractivity contribution >= 4 is 17.3 Å². The topological polar surface area (TPSA) is 64.1 Å². The third kappa shape index (κ3) is 2.91. The van der Waals surface area contributed by atoms with E-state index in [4.69, 9.17) is 17.3 Å². The molecule has 0 amide bonds. The van der Waals surface area contributed by atoms with Gasteiger partial charge < -0.3 is 10.8 Å². The summed E-state index contributed by atoms with van der Waals surface area (Å²) in [5.74, 6) is 0. The summed E-state index contributed by atoms with van der Waals surface area (Å²) in [7, 11) is 1.84. The molecule has 19 heavy (non-hydrogen) atoms. The molecule has 1 heterocycles. The van der Waals surface area contributed by atoms with Crippen molar-refractivity contribution in [2.24, 2.45) is 7.05 Å². The molecule has 0 aliphatic rings. The van der Waals surface area contributed by atoms with Crippen LogP contribution in [-0.4, -0.2) is 14.9 Å². The quantitative estimate of drug-likeness (QED) is 0.845. The van der Waals surface area contributed by atoms with E-state index in [1.54, 1.807) is 16.8 Å². The Bertz CT molecular complexity index is 563. The van der Waals surface area contributed by atoms with Crippen LogP contribution >= 0.6 is 11.6 Å². The van der Waals surface area contributed by atoms with Gasteiger partial charge in [0.1, 0.15) is 0 Å². The van der Waals surface area contributed by atoms with E-state index in [1.165, 1.54) is 0 Å². The van der Waals surface area contributed by atoms with Gasteiger partial charge in [-0.1, -0.05) is 30.7 Å². The number of halogens is 1. The van der Waals surface area contributed by atoms with Gasteiger partial charge in [0, 0.05) is 19.2 Å². The highest BCUT2D eigenvalue weighted by molar-refractivity contribution is 6.31. The second-order valence-corrected chi connectivity index (χ2v) is 4.95. The minimum atomic E-state index is -0.613. The van der Waals surface area contributed by atoms with E-state index in [0.29, 0.717) is 17.1 Å². The van der Waals surface area contributed by atoms with Gasteiger partial charge in [0.2, 0.25) is 0 Å². The van der Waals surface area contributed by atoms with Crippen LogP contribution in [0.15, 0.2) is 24.3 Å². The Hall–Kier alpha value is -1.52. The lowest BCUT2D eigenvalue weighted by molar-refractivity contribution is 0.176. The molecule has 5 heteroatoms. The molecule has 0 fully saturated rings. The van der Waals surface area contributed by atoms with Crippen molar-refractivity contribution in [1.82, 2.24) is 9.78 Å². The number of rotatable bonds is 4. The number of aliphatic hydroxyl groups is 1. The molecule has 0 aliphatic carbocycles. The Balaban J connectivity index is 2.21. The molecule has 2 rings (SSSR count). The lowest BCUT2D eigenvalue weighted by atomic mass is 10.0. The van der Waals surface area contributed by atoms with Crippen molar-refractivity contribution in [1.29, 1.82) is 0 Å². The summed E-state index contributed by atoms with van der Waals surface area (Å²) in [6.45, 7) is 2.01. The highest BCUT2D eigenvalue weighted by Gasteiger charge is 2.17. The largest absolute Gasteiger partial charge is 0.399 e. The summed E-state index contributed by atoms with van der Waals surface area (Å²) in [6, 6.07) is 7.21. The molecule has 1 aromatic carbocycles. The highest BCUT2D eigenvalue weighted by atomic mass is 35.5. The number of nitrogen functional groups attached to an aromatic ring is 1. The lowest BCUT2D eigenvalue weighted by Gasteiger charge is -2.11. The molecule has 102 valence electrons. The minimum Gasteiger partial charge on any atom is -0.399 e. The van der Waals surface area contributed by atoms with Crippen molar-refractivity contribution < 1.29 is 5.11 Å². The van der Waals surface area contributed by atoms with Crippen LogP contribution < -0.4 is 5.73 Å². The fourth-order valence-electron chi connectivity index (χ4n) is 2.06. The predicted molar refractivity (Wildman–Crippen MR) is 77.1 cm³/mol. The van der Waals surface area contributed by atoms with Crippen LogP contribution in [0.25, 0.3) is 0 Å². The van der Waals surface area contributed by atoms with Gasteiger partial charge in [-0.2, -0.15) is 5.10 Å². The fraction of sp³-hybridized carbons (Fsp3) is 0.357. The number of hydrogen-bond donors (Lipinski definition) is 2. The molecular formula is C14H18ClN3O. The van der Waals surface area contributed by atoms with Crippen LogP contribution in [0.5, 0.6) is 0 Å². The molecule has 2 aromatic rings. The Morgan fingerprint density at radius 1 is 1.37 bits per heavy atom. The van der Waals surface area contributed by atoms with Gasteiger partial charge in [-0.3, -0.25) is 4.68 Å². The number of nitrogens with zero attached hydrogens (tertiary/aromatic N) is 2. The number of aryl methyl sites for hydroxylation is 2. The molecule has 0 saturated carbocycles. The first kappa shape index (κ1) is 13.9. The van der Waals surface area contributed by atoms with Gasteiger partial charge in [0.25, 0.3) is 0 Å². The Morgan fingerprint density at radius 2 is 2.00 bits per heavy atom. The zero-order chi connectivity index (χ0) is 14.0. The zero-order valence-corrected chi connectivity index (χ0v) is 11.9. The first-order chi connectivity index (χ1) is 9.02. The average Bonchev–Trinajstić information content (AvgIpc) is 2.67. The van der Waals surface area contributed by atoms with Crippen LogP contribution in [0, 0.1) is 0 Å². The van der Waals surface area contributed by atoms with Crippen molar-refractivity contribution in [2.45, 2.75) is 25.9 Å². The number of anilines is 1. The molecule has 0 aliphatic heterocycles. The standard InChI is InChI=1S/C14H18ClN3O/c1-3-11-14(15)12(18(2)17-11)8-13(19)9-4-6-10(16)7-5-9/h4-7,13,19H,3,8,16H2,1-2H3.